The quantitative estimate of drug-likeness (QED) is 0.542. The number of nitrogens with one attached hydrogen (secondary N) is 1. The first-order valence-electron chi connectivity index (χ1n) is 9.98. The van der Waals surface area contributed by atoms with Crippen molar-refractivity contribution in [1.82, 2.24) is 10.3 Å². The van der Waals surface area contributed by atoms with Gasteiger partial charge >= 0.3 is 0 Å². The summed E-state index contributed by atoms with van der Waals surface area (Å²) in [6, 6.07) is 15.7. The van der Waals surface area contributed by atoms with Gasteiger partial charge in [-0.25, -0.2) is 17.8 Å². The van der Waals surface area contributed by atoms with Crippen molar-refractivity contribution in [1.29, 1.82) is 0 Å². The lowest BCUT2D eigenvalue weighted by atomic mass is 10.1. The van der Waals surface area contributed by atoms with Gasteiger partial charge in [0, 0.05) is 6.04 Å². The highest BCUT2D eigenvalue weighted by Crippen LogP contribution is 2.25. The number of amides is 1. The van der Waals surface area contributed by atoms with Gasteiger partial charge in [0.25, 0.3) is 0 Å². The lowest BCUT2D eigenvalue weighted by molar-refractivity contribution is -0.119. The molecule has 164 valence electrons. The Balaban J connectivity index is 1.57. The Hall–Kier alpha value is -3.00. The predicted octanol–water partition coefficient (Wildman–Crippen LogP) is 3.84. The van der Waals surface area contributed by atoms with Crippen LogP contribution in [0.25, 0.3) is 11.5 Å². The largest absolute Gasteiger partial charge is 0.441 e. The van der Waals surface area contributed by atoms with E-state index in [1.807, 2.05) is 37.3 Å². The molecule has 31 heavy (non-hydrogen) atoms. The molecule has 0 aliphatic heterocycles. The van der Waals surface area contributed by atoms with Gasteiger partial charge in [-0.2, -0.15) is 0 Å². The SMILES string of the molecule is Cc1oc(-c2ccccc2F)nc1CS(=O)(=O)CC(=O)N[C@@H](C)CCc1ccccc1. The fraction of sp³-hybridized carbons (Fsp3) is 0.304. The molecular formula is C23H25FN2O4S. The number of oxazole rings is 1. The third-order valence-electron chi connectivity index (χ3n) is 4.82. The Labute approximate surface area is 181 Å². The molecule has 0 radical (unpaired) electrons. The Kier molecular flexibility index (Phi) is 7.22. The van der Waals surface area contributed by atoms with Crippen LogP contribution in [0.15, 0.2) is 59.0 Å². The maximum absolute atomic E-state index is 13.9. The smallest absolute Gasteiger partial charge is 0.235 e. The number of carbonyl (C=O) groups excluding carboxylic acids is 1. The van der Waals surface area contributed by atoms with Crippen LogP contribution in [-0.4, -0.2) is 31.1 Å². The van der Waals surface area contributed by atoms with E-state index in [-0.39, 0.29) is 29.0 Å². The Bertz CT molecular complexity index is 1140. The van der Waals surface area contributed by atoms with E-state index in [0.29, 0.717) is 6.42 Å². The molecule has 8 heteroatoms. The average molecular weight is 445 g/mol. The molecule has 1 atom stereocenters. The van der Waals surface area contributed by atoms with Crippen LogP contribution in [-0.2, 0) is 26.8 Å². The van der Waals surface area contributed by atoms with Crippen LogP contribution < -0.4 is 5.32 Å². The zero-order chi connectivity index (χ0) is 22.4. The topological polar surface area (TPSA) is 89.3 Å². The van der Waals surface area contributed by atoms with Crippen LogP contribution in [0.2, 0.25) is 0 Å². The van der Waals surface area contributed by atoms with Crippen LogP contribution in [0.4, 0.5) is 4.39 Å². The third kappa shape index (κ3) is 6.49. The third-order valence-corrected chi connectivity index (χ3v) is 6.24. The standard InChI is InChI=1S/C23H25FN2O4S/c1-16(12-13-18-8-4-3-5-9-18)25-22(27)15-31(28,29)14-21-17(2)30-23(26-21)19-10-6-7-11-20(19)24/h3-11,16H,12-15H2,1-2H3,(H,25,27)/t16-/m0/s1. The average Bonchev–Trinajstić information content (AvgIpc) is 3.06. The monoisotopic (exact) mass is 444 g/mol. The van der Waals surface area contributed by atoms with Crippen molar-refractivity contribution in [2.75, 3.05) is 5.75 Å². The molecule has 0 fully saturated rings. The first-order chi connectivity index (χ1) is 14.7. The molecule has 0 bridgehead atoms. The predicted molar refractivity (Wildman–Crippen MR) is 116 cm³/mol. The highest BCUT2D eigenvalue weighted by Gasteiger charge is 2.23. The fourth-order valence-electron chi connectivity index (χ4n) is 3.19. The summed E-state index contributed by atoms with van der Waals surface area (Å²) in [6.45, 7) is 3.41. The van der Waals surface area contributed by atoms with Gasteiger partial charge in [-0.15, -0.1) is 0 Å². The maximum atomic E-state index is 13.9. The summed E-state index contributed by atoms with van der Waals surface area (Å²) < 4.78 is 44.4. The molecule has 2 aromatic carbocycles. The summed E-state index contributed by atoms with van der Waals surface area (Å²) in [4.78, 5) is 16.4. The number of aryl methyl sites for hydroxylation is 2. The Morgan fingerprint density at radius 1 is 1.13 bits per heavy atom. The summed E-state index contributed by atoms with van der Waals surface area (Å²) in [5, 5.41) is 2.73. The Morgan fingerprint density at radius 3 is 2.52 bits per heavy atom. The van der Waals surface area contributed by atoms with E-state index in [2.05, 4.69) is 10.3 Å². The van der Waals surface area contributed by atoms with Crippen molar-refractivity contribution in [2.24, 2.45) is 0 Å². The van der Waals surface area contributed by atoms with Gasteiger partial charge in [0.1, 0.15) is 17.3 Å². The summed E-state index contributed by atoms with van der Waals surface area (Å²) in [5.41, 5.74) is 1.48. The highest BCUT2D eigenvalue weighted by molar-refractivity contribution is 7.91. The summed E-state index contributed by atoms with van der Waals surface area (Å²) in [6.07, 6.45) is 1.48. The zero-order valence-corrected chi connectivity index (χ0v) is 18.3. The number of carbonyl (C=O) groups is 1. The minimum atomic E-state index is -3.78. The second-order valence-electron chi connectivity index (χ2n) is 7.53. The number of halogens is 1. The van der Waals surface area contributed by atoms with Crippen molar-refractivity contribution in [3.8, 4) is 11.5 Å². The lowest BCUT2D eigenvalue weighted by Gasteiger charge is -2.14. The second kappa shape index (κ2) is 9.87. The minimum absolute atomic E-state index is 0.0137. The summed E-state index contributed by atoms with van der Waals surface area (Å²) in [5.74, 6) is -1.89. The zero-order valence-electron chi connectivity index (χ0n) is 17.5. The van der Waals surface area contributed by atoms with Crippen molar-refractivity contribution >= 4 is 15.7 Å². The molecule has 0 spiro atoms. The van der Waals surface area contributed by atoms with Crippen LogP contribution in [0.1, 0.15) is 30.4 Å². The molecular weight excluding hydrogens is 419 g/mol. The van der Waals surface area contributed by atoms with Crippen LogP contribution in [0, 0.1) is 12.7 Å². The first-order valence-corrected chi connectivity index (χ1v) is 11.8. The lowest BCUT2D eigenvalue weighted by Crippen LogP contribution is -2.37. The first kappa shape index (κ1) is 22.7. The molecule has 6 nitrogen and oxygen atoms in total. The van der Waals surface area contributed by atoms with Gasteiger partial charge in [-0.3, -0.25) is 4.79 Å². The minimum Gasteiger partial charge on any atom is -0.441 e. The van der Waals surface area contributed by atoms with Crippen molar-refractivity contribution in [2.45, 2.75) is 38.5 Å². The summed E-state index contributed by atoms with van der Waals surface area (Å²) in [7, 11) is -3.78. The number of sulfone groups is 1. The molecule has 1 N–H and O–H groups in total. The van der Waals surface area contributed by atoms with Crippen LogP contribution in [0.3, 0.4) is 0 Å². The van der Waals surface area contributed by atoms with Gasteiger partial charge in [0.2, 0.25) is 11.8 Å². The molecule has 0 saturated heterocycles. The van der Waals surface area contributed by atoms with E-state index >= 15 is 0 Å². The molecule has 0 unspecified atom stereocenters. The molecule has 3 rings (SSSR count). The number of nitrogens with zero attached hydrogens (tertiary/aromatic N) is 1. The molecule has 0 saturated carbocycles. The molecule has 0 aliphatic carbocycles. The van der Waals surface area contributed by atoms with E-state index < -0.39 is 33.1 Å². The summed E-state index contributed by atoms with van der Waals surface area (Å²) >= 11 is 0. The van der Waals surface area contributed by atoms with Gasteiger partial charge in [0.05, 0.1) is 17.0 Å². The Morgan fingerprint density at radius 2 is 1.81 bits per heavy atom. The van der Waals surface area contributed by atoms with Gasteiger partial charge in [-0.05, 0) is 44.4 Å². The van der Waals surface area contributed by atoms with E-state index in [4.69, 9.17) is 4.42 Å². The van der Waals surface area contributed by atoms with Gasteiger partial charge in [0.15, 0.2) is 9.84 Å². The number of benzene rings is 2. The normalized spacial score (nSPS) is 12.5. The van der Waals surface area contributed by atoms with Gasteiger partial charge in [-0.1, -0.05) is 42.5 Å². The molecule has 1 aromatic heterocycles. The van der Waals surface area contributed by atoms with Crippen LogP contribution in [0.5, 0.6) is 0 Å². The number of rotatable bonds is 9. The number of aromatic nitrogens is 1. The highest BCUT2D eigenvalue weighted by atomic mass is 32.2. The maximum Gasteiger partial charge on any atom is 0.235 e. The van der Waals surface area contributed by atoms with Crippen LogP contribution >= 0.6 is 0 Å². The van der Waals surface area contributed by atoms with Crippen molar-refractivity contribution in [3.05, 3.63) is 77.4 Å². The van der Waals surface area contributed by atoms with E-state index in [1.54, 1.807) is 19.1 Å². The van der Waals surface area contributed by atoms with E-state index in [9.17, 15) is 17.6 Å². The van der Waals surface area contributed by atoms with E-state index in [0.717, 1.165) is 12.0 Å². The van der Waals surface area contributed by atoms with Crippen molar-refractivity contribution < 1.29 is 22.0 Å². The number of hydrogen-bond donors (Lipinski definition) is 1. The molecule has 3 aromatic rings. The molecule has 1 heterocycles. The molecule has 0 aliphatic rings. The van der Waals surface area contributed by atoms with Crippen molar-refractivity contribution in [3.63, 3.8) is 0 Å². The fourth-order valence-corrected chi connectivity index (χ4v) is 4.46. The second-order valence-corrected chi connectivity index (χ2v) is 9.59. The van der Waals surface area contributed by atoms with Gasteiger partial charge < -0.3 is 9.73 Å². The molecule has 1 amide bonds. The van der Waals surface area contributed by atoms with E-state index in [1.165, 1.54) is 12.1 Å². The number of hydrogen-bond acceptors (Lipinski definition) is 5.